The number of benzene rings is 1. The normalized spacial score (nSPS) is 10.8. The number of nitrogens with one attached hydrogen (secondary N) is 1. The maximum Gasteiger partial charge on any atom is 0.165 e. The molecule has 1 N–H and O–H groups in total. The predicted octanol–water partition coefficient (Wildman–Crippen LogP) is 3.82. The number of nitrogens with zero attached hydrogens (tertiary/aromatic N) is 1. The zero-order valence-corrected chi connectivity index (χ0v) is 12.0. The minimum absolute atomic E-state index is 0.235. The summed E-state index contributed by atoms with van der Waals surface area (Å²) in [5, 5.41) is 3.28. The first-order valence-electron chi connectivity index (χ1n) is 6.67. The lowest BCUT2D eigenvalue weighted by Crippen LogP contribution is -2.22. The van der Waals surface area contributed by atoms with Crippen molar-refractivity contribution in [3.8, 4) is 11.5 Å². The second-order valence-electron chi connectivity index (χ2n) is 5.05. The summed E-state index contributed by atoms with van der Waals surface area (Å²) in [6, 6.07) is 8.73. The molecule has 0 amide bonds. The highest BCUT2D eigenvalue weighted by Gasteiger charge is 2.06. The van der Waals surface area contributed by atoms with Gasteiger partial charge in [-0.3, -0.25) is 4.98 Å². The lowest BCUT2D eigenvalue weighted by molar-refractivity contribution is 0.440. The lowest BCUT2D eigenvalue weighted by atomic mass is 10.2. The number of aromatic nitrogens is 1. The molecule has 2 aromatic rings. The number of hydrogen-bond donors (Lipinski definition) is 1. The molecule has 0 atom stereocenters. The Bertz CT molecular complexity index is 584. The maximum atomic E-state index is 13.7. The molecule has 0 aliphatic heterocycles. The van der Waals surface area contributed by atoms with Crippen LogP contribution in [-0.4, -0.2) is 11.0 Å². The van der Waals surface area contributed by atoms with Gasteiger partial charge in [0, 0.05) is 24.8 Å². The first-order chi connectivity index (χ1) is 9.54. The van der Waals surface area contributed by atoms with Gasteiger partial charge < -0.3 is 10.1 Å². The summed E-state index contributed by atoms with van der Waals surface area (Å²) < 4.78 is 19.3. The van der Waals surface area contributed by atoms with Crippen LogP contribution in [0.3, 0.4) is 0 Å². The summed E-state index contributed by atoms with van der Waals surface area (Å²) in [6.45, 7) is 6.70. The van der Waals surface area contributed by atoms with E-state index in [1.54, 1.807) is 24.4 Å². The van der Waals surface area contributed by atoms with Crippen molar-refractivity contribution in [3.63, 3.8) is 0 Å². The highest BCUT2D eigenvalue weighted by atomic mass is 19.1. The van der Waals surface area contributed by atoms with Gasteiger partial charge in [-0.1, -0.05) is 19.9 Å². The van der Waals surface area contributed by atoms with Crippen molar-refractivity contribution in [2.24, 2.45) is 0 Å². The van der Waals surface area contributed by atoms with E-state index in [0.717, 1.165) is 11.3 Å². The third-order valence-corrected chi connectivity index (χ3v) is 2.79. The Morgan fingerprint density at radius 2 is 2.05 bits per heavy atom. The standard InChI is InChI=1S/C16H19FN2O/c1-11(2)19-10-13-9-14(6-7-18-13)20-16-8-12(3)4-5-15(16)17/h4-9,11,19H,10H2,1-3H3. The van der Waals surface area contributed by atoms with Crippen LogP contribution in [0.4, 0.5) is 4.39 Å². The van der Waals surface area contributed by atoms with E-state index >= 15 is 0 Å². The second-order valence-corrected chi connectivity index (χ2v) is 5.05. The van der Waals surface area contributed by atoms with Crippen molar-refractivity contribution in [1.82, 2.24) is 10.3 Å². The highest BCUT2D eigenvalue weighted by Crippen LogP contribution is 2.25. The van der Waals surface area contributed by atoms with Crippen LogP contribution in [0.5, 0.6) is 11.5 Å². The molecule has 20 heavy (non-hydrogen) atoms. The summed E-state index contributed by atoms with van der Waals surface area (Å²) >= 11 is 0. The van der Waals surface area contributed by atoms with E-state index in [-0.39, 0.29) is 11.6 Å². The Kier molecular flexibility index (Phi) is 4.69. The fraction of sp³-hybridized carbons (Fsp3) is 0.312. The number of hydrogen-bond acceptors (Lipinski definition) is 3. The highest BCUT2D eigenvalue weighted by molar-refractivity contribution is 5.34. The molecular formula is C16H19FN2O. The molecule has 3 nitrogen and oxygen atoms in total. The lowest BCUT2D eigenvalue weighted by Gasteiger charge is -2.10. The van der Waals surface area contributed by atoms with E-state index in [1.807, 2.05) is 13.0 Å². The van der Waals surface area contributed by atoms with Gasteiger partial charge in [0.05, 0.1) is 5.69 Å². The predicted molar refractivity (Wildman–Crippen MR) is 77.4 cm³/mol. The molecule has 0 saturated heterocycles. The Morgan fingerprint density at radius 3 is 2.80 bits per heavy atom. The van der Waals surface area contributed by atoms with Crippen LogP contribution < -0.4 is 10.1 Å². The van der Waals surface area contributed by atoms with Crippen LogP contribution >= 0.6 is 0 Å². The number of halogens is 1. The molecule has 1 aromatic heterocycles. The minimum atomic E-state index is -0.366. The summed E-state index contributed by atoms with van der Waals surface area (Å²) in [6.07, 6.45) is 1.67. The van der Waals surface area contributed by atoms with E-state index in [9.17, 15) is 4.39 Å². The molecule has 0 bridgehead atoms. The van der Waals surface area contributed by atoms with E-state index in [2.05, 4.69) is 24.1 Å². The van der Waals surface area contributed by atoms with Crippen LogP contribution in [0.1, 0.15) is 25.1 Å². The van der Waals surface area contributed by atoms with E-state index in [4.69, 9.17) is 4.74 Å². The van der Waals surface area contributed by atoms with Gasteiger partial charge in [-0.25, -0.2) is 4.39 Å². The number of pyridine rings is 1. The van der Waals surface area contributed by atoms with Gasteiger partial charge in [0.25, 0.3) is 0 Å². The molecular weight excluding hydrogens is 255 g/mol. The Labute approximate surface area is 118 Å². The molecule has 0 saturated carbocycles. The van der Waals surface area contributed by atoms with Crippen molar-refractivity contribution in [1.29, 1.82) is 0 Å². The molecule has 2 rings (SSSR count). The van der Waals surface area contributed by atoms with Gasteiger partial charge in [0.15, 0.2) is 11.6 Å². The molecule has 0 aliphatic rings. The quantitative estimate of drug-likeness (QED) is 0.900. The van der Waals surface area contributed by atoms with Crippen LogP contribution in [0.25, 0.3) is 0 Å². The fourth-order valence-corrected chi connectivity index (χ4v) is 1.74. The van der Waals surface area contributed by atoms with Crippen molar-refractivity contribution in [3.05, 3.63) is 53.6 Å². The molecule has 4 heteroatoms. The zero-order chi connectivity index (χ0) is 14.5. The average Bonchev–Trinajstić information content (AvgIpc) is 2.41. The first-order valence-corrected chi connectivity index (χ1v) is 6.67. The monoisotopic (exact) mass is 274 g/mol. The van der Waals surface area contributed by atoms with Gasteiger partial charge in [0.2, 0.25) is 0 Å². The summed E-state index contributed by atoms with van der Waals surface area (Å²) in [4.78, 5) is 4.26. The molecule has 106 valence electrons. The van der Waals surface area contributed by atoms with Crippen molar-refractivity contribution < 1.29 is 9.13 Å². The van der Waals surface area contributed by atoms with E-state index in [0.29, 0.717) is 18.3 Å². The van der Waals surface area contributed by atoms with Crippen LogP contribution in [0.2, 0.25) is 0 Å². The Balaban J connectivity index is 2.13. The van der Waals surface area contributed by atoms with Gasteiger partial charge in [-0.05, 0) is 30.7 Å². The van der Waals surface area contributed by atoms with E-state index in [1.165, 1.54) is 6.07 Å². The van der Waals surface area contributed by atoms with Gasteiger partial charge >= 0.3 is 0 Å². The molecule has 1 heterocycles. The molecule has 0 spiro atoms. The summed E-state index contributed by atoms with van der Waals surface area (Å²) in [7, 11) is 0. The first kappa shape index (κ1) is 14.5. The number of aryl methyl sites for hydroxylation is 1. The minimum Gasteiger partial charge on any atom is -0.454 e. The fourth-order valence-electron chi connectivity index (χ4n) is 1.74. The van der Waals surface area contributed by atoms with Crippen molar-refractivity contribution in [2.45, 2.75) is 33.4 Å². The molecule has 0 aliphatic carbocycles. The van der Waals surface area contributed by atoms with Crippen LogP contribution in [0, 0.1) is 12.7 Å². The van der Waals surface area contributed by atoms with Gasteiger partial charge in [-0.15, -0.1) is 0 Å². The summed E-state index contributed by atoms with van der Waals surface area (Å²) in [5.74, 6) is 0.457. The zero-order valence-electron chi connectivity index (χ0n) is 12.0. The molecule has 0 radical (unpaired) electrons. The number of rotatable bonds is 5. The molecule has 1 aromatic carbocycles. The van der Waals surface area contributed by atoms with Crippen LogP contribution in [-0.2, 0) is 6.54 Å². The van der Waals surface area contributed by atoms with Crippen molar-refractivity contribution in [2.75, 3.05) is 0 Å². The number of ether oxygens (including phenoxy) is 1. The van der Waals surface area contributed by atoms with Crippen LogP contribution in [0.15, 0.2) is 36.5 Å². The third kappa shape index (κ3) is 4.03. The Morgan fingerprint density at radius 1 is 1.25 bits per heavy atom. The Hall–Kier alpha value is -1.94. The largest absolute Gasteiger partial charge is 0.454 e. The van der Waals surface area contributed by atoms with Crippen molar-refractivity contribution >= 4 is 0 Å². The van der Waals surface area contributed by atoms with Gasteiger partial charge in [0.1, 0.15) is 5.75 Å². The molecule has 0 fully saturated rings. The second kappa shape index (κ2) is 6.48. The maximum absolute atomic E-state index is 13.7. The third-order valence-electron chi connectivity index (χ3n) is 2.79. The molecule has 0 unspecified atom stereocenters. The SMILES string of the molecule is Cc1ccc(F)c(Oc2ccnc(CNC(C)C)c2)c1. The average molecular weight is 274 g/mol. The van der Waals surface area contributed by atoms with E-state index < -0.39 is 0 Å². The smallest absolute Gasteiger partial charge is 0.165 e. The topological polar surface area (TPSA) is 34.1 Å². The summed E-state index contributed by atoms with van der Waals surface area (Å²) in [5.41, 5.74) is 1.82. The van der Waals surface area contributed by atoms with Gasteiger partial charge in [-0.2, -0.15) is 0 Å².